The summed E-state index contributed by atoms with van der Waals surface area (Å²) in [6.07, 6.45) is -3.16. The molecule has 0 radical (unpaired) electrons. The van der Waals surface area contributed by atoms with Crippen LogP contribution in [-0.2, 0) is 9.59 Å². The number of benzene rings is 1. The Morgan fingerprint density at radius 2 is 2.04 bits per heavy atom. The molecular weight excluding hydrogens is 355 g/mol. The summed E-state index contributed by atoms with van der Waals surface area (Å²) >= 11 is 0. The second-order valence-electron chi connectivity index (χ2n) is 6.16. The van der Waals surface area contributed by atoms with Crippen LogP contribution in [-0.4, -0.2) is 54.9 Å². The smallest absolute Gasteiger partial charge is 0.394 e. The standard InChI is InChI=1S/C17H16F3NO5/c1-25-11-2-3-14-9(5-11)4-10(8-26-14)15(22)21-6-12(16(23)24)13(7-21)17(18,19)20/h2-5,12-13H,6-8H2,1H3,(H,23,24)/t12-,13-/m1/s1. The number of carbonyl (C=O) groups is 2. The van der Waals surface area contributed by atoms with Crippen molar-refractivity contribution in [3.8, 4) is 11.5 Å². The molecule has 2 atom stereocenters. The quantitative estimate of drug-likeness (QED) is 0.882. The van der Waals surface area contributed by atoms with Gasteiger partial charge in [-0.15, -0.1) is 0 Å². The molecule has 1 fully saturated rings. The van der Waals surface area contributed by atoms with Gasteiger partial charge in [-0.3, -0.25) is 9.59 Å². The molecule has 0 spiro atoms. The first-order chi connectivity index (χ1) is 12.2. The van der Waals surface area contributed by atoms with Crippen molar-refractivity contribution in [1.29, 1.82) is 0 Å². The third kappa shape index (κ3) is 3.33. The summed E-state index contributed by atoms with van der Waals surface area (Å²) < 4.78 is 49.8. The molecule has 0 saturated carbocycles. The van der Waals surface area contributed by atoms with E-state index in [4.69, 9.17) is 14.6 Å². The molecule has 2 aliphatic heterocycles. The molecular formula is C17H16F3NO5. The van der Waals surface area contributed by atoms with Gasteiger partial charge in [0, 0.05) is 18.7 Å². The van der Waals surface area contributed by atoms with Crippen molar-refractivity contribution in [2.75, 3.05) is 26.8 Å². The van der Waals surface area contributed by atoms with Crippen molar-refractivity contribution < 1.29 is 37.3 Å². The molecule has 140 valence electrons. The summed E-state index contributed by atoms with van der Waals surface area (Å²) in [7, 11) is 1.48. The number of ether oxygens (including phenoxy) is 2. The summed E-state index contributed by atoms with van der Waals surface area (Å²) in [6, 6.07) is 5.00. The van der Waals surface area contributed by atoms with E-state index in [2.05, 4.69) is 0 Å². The lowest BCUT2D eigenvalue weighted by atomic mass is 9.96. The minimum Gasteiger partial charge on any atom is -0.497 e. The van der Waals surface area contributed by atoms with Crippen molar-refractivity contribution in [2.24, 2.45) is 11.8 Å². The van der Waals surface area contributed by atoms with Gasteiger partial charge in [0.05, 0.1) is 24.5 Å². The maximum atomic E-state index is 13.1. The van der Waals surface area contributed by atoms with Crippen molar-refractivity contribution >= 4 is 18.0 Å². The average Bonchev–Trinajstić information content (AvgIpc) is 3.06. The largest absolute Gasteiger partial charge is 0.497 e. The number of aliphatic carboxylic acids is 1. The molecule has 1 aromatic rings. The first-order valence-corrected chi connectivity index (χ1v) is 7.81. The van der Waals surface area contributed by atoms with E-state index < -0.39 is 43.0 Å². The van der Waals surface area contributed by atoms with Crippen LogP contribution in [0.15, 0.2) is 23.8 Å². The molecule has 0 aromatic heterocycles. The van der Waals surface area contributed by atoms with E-state index >= 15 is 0 Å². The van der Waals surface area contributed by atoms with E-state index in [1.165, 1.54) is 13.2 Å². The van der Waals surface area contributed by atoms with Crippen LogP contribution in [0.1, 0.15) is 5.56 Å². The number of halogens is 3. The van der Waals surface area contributed by atoms with Crippen molar-refractivity contribution in [1.82, 2.24) is 4.90 Å². The summed E-state index contributed by atoms with van der Waals surface area (Å²) in [5.41, 5.74) is 0.734. The van der Waals surface area contributed by atoms with Gasteiger partial charge in [0.2, 0.25) is 0 Å². The van der Waals surface area contributed by atoms with E-state index in [0.717, 1.165) is 4.90 Å². The summed E-state index contributed by atoms with van der Waals surface area (Å²) in [6.45, 7) is -1.26. The summed E-state index contributed by atoms with van der Waals surface area (Å²) in [5, 5.41) is 9.05. The number of fused-ring (bicyclic) bond motifs is 1. The first-order valence-electron chi connectivity index (χ1n) is 7.81. The van der Waals surface area contributed by atoms with Crippen LogP contribution >= 0.6 is 0 Å². The van der Waals surface area contributed by atoms with E-state index in [1.807, 2.05) is 0 Å². The number of methoxy groups -OCH3 is 1. The second-order valence-corrected chi connectivity index (χ2v) is 6.16. The molecule has 1 saturated heterocycles. The Balaban J connectivity index is 1.83. The lowest BCUT2D eigenvalue weighted by Gasteiger charge is -2.22. The number of rotatable bonds is 3. The SMILES string of the molecule is COc1ccc2c(c1)C=C(C(=O)N1C[C@@H](C(F)(F)F)[C@H](C(=O)O)C1)CO2. The highest BCUT2D eigenvalue weighted by Crippen LogP contribution is 2.39. The number of nitrogens with zero attached hydrogens (tertiary/aromatic N) is 1. The molecule has 2 heterocycles. The van der Waals surface area contributed by atoms with Crippen LogP contribution in [0.2, 0.25) is 0 Å². The fourth-order valence-corrected chi connectivity index (χ4v) is 3.16. The Hall–Kier alpha value is -2.71. The molecule has 1 N–H and O–H groups in total. The van der Waals surface area contributed by atoms with Crippen LogP contribution < -0.4 is 9.47 Å². The number of hydrogen-bond acceptors (Lipinski definition) is 4. The zero-order valence-electron chi connectivity index (χ0n) is 13.7. The Bertz CT molecular complexity index is 774. The molecule has 0 bridgehead atoms. The second kappa shape index (κ2) is 6.54. The topological polar surface area (TPSA) is 76.1 Å². The van der Waals surface area contributed by atoms with E-state index in [9.17, 15) is 22.8 Å². The Morgan fingerprint density at radius 1 is 1.31 bits per heavy atom. The highest BCUT2D eigenvalue weighted by Gasteiger charge is 2.53. The highest BCUT2D eigenvalue weighted by molar-refractivity contribution is 5.99. The van der Waals surface area contributed by atoms with Gasteiger partial charge in [-0.2, -0.15) is 13.2 Å². The number of carboxylic acid groups (broad SMARTS) is 1. The molecule has 6 nitrogen and oxygen atoms in total. The van der Waals surface area contributed by atoms with Gasteiger partial charge in [-0.1, -0.05) is 0 Å². The van der Waals surface area contributed by atoms with E-state index in [0.29, 0.717) is 17.1 Å². The normalized spacial score (nSPS) is 22.3. The first kappa shape index (κ1) is 18.1. The minimum absolute atomic E-state index is 0.0942. The third-order valence-corrected chi connectivity index (χ3v) is 4.55. The zero-order chi connectivity index (χ0) is 19.1. The molecule has 1 amide bonds. The number of hydrogen-bond donors (Lipinski definition) is 1. The Kier molecular flexibility index (Phi) is 4.55. The molecule has 3 rings (SSSR count). The Labute approximate surface area is 146 Å². The average molecular weight is 371 g/mol. The predicted molar refractivity (Wildman–Crippen MR) is 83.7 cm³/mol. The van der Waals surface area contributed by atoms with Crippen LogP contribution in [0, 0.1) is 11.8 Å². The van der Waals surface area contributed by atoms with Crippen molar-refractivity contribution in [3.63, 3.8) is 0 Å². The van der Waals surface area contributed by atoms with Gasteiger partial charge in [-0.25, -0.2) is 0 Å². The summed E-state index contributed by atoms with van der Waals surface area (Å²) in [5.74, 6) is -4.90. The minimum atomic E-state index is -4.69. The number of alkyl halides is 3. The molecule has 0 unspecified atom stereocenters. The lowest BCUT2D eigenvalue weighted by Crippen LogP contribution is -2.35. The third-order valence-electron chi connectivity index (χ3n) is 4.55. The summed E-state index contributed by atoms with van der Waals surface area (Å²) in [4.78, 5) is 24.7. The fourth-order valence-electron chi connectivity index (χ4n) is 3.16. The molecule has 2 aliphatic rings. The van der Waals surface area contributed by atoms with Gasteiger partial charge in [-0.05, 0) is 24.3 Å². The van der Waals surface area contributed by atoms with E-state index in [-0.39, 0.29) is 12.2 Å². The zero-order valence-corrected chi connectivity index (χ0v) is 13.7. The number of amides is 1. The van der Waals surface area contributed by atoms with Gasteiger partial charge in [0.15, 0.2) is 0 Å². The van der Waals surface area contributed by atoms with E-state index in [1.54, 1.807) is 18.2 Å². The van der Waals surface area contributed by atoms with Crippen molar-refractivity contribution in [3.05, 3.63) is 29.3 Å². The number of carbonyl (C=O) groups excluding carboxylic acids is 1. The van der Waals surface area contributed by atoms with Crippen LogP contribution in [0.25, 0.3) is 6.08 Å². The maximum Gasteiger partial charge on any atom is 0.394 e. The van der Waals surface area contributed by atoms with Crippen LogP contribution in [0.4, 0.5) is 13.2 Å². The fraction of sp³-hybridized carbons (Fsp3) is 0.412. The molecule has 9 heteroatoms. The van der Waals surface area contributed by atoms with Gasteiger partial charge in [0.25, 0.3) is 5.91 Å². The van der Waals surface area contributed by atoms with Crippen molar-refractivity contribution in [2.45, 2.75) is 6.18 Å². The molecule has 26 heavy (non-hydrogen) atoms. The van der Waals surface area contributed by atoms with Gasteiger partial charge >= 0.3 is 12.1 Å². The predicted octanol–water partition coefficient (Wildman–Crippen LogP) is 2.19. The number of likely N-dealkylation sites (tertiary alicyclic amines) is 1. The monoisotopic (exact) mass is 371 g/mol. The molecule has 1 aromatic carbocycles. The van der Waals surface area contributed by atoms with Crippen LogP contribution in [0.5, 0.6) is 11.5 Å². The lowest BCUT2D eigenvalue weighted by molar-refractivity contribution is -0.188. The maximum absolute atomic E-state index is 13.1. The highest BCUT2D eigenvalue weighted by atomic mass is 19.4. The van der Waals surface area contributed by atoms with Gasteiger partial charge < -0.3 is 19.5 Å². The van der Waals surface area contributed by atoms with Crippen LogP contribution in [0.3, 0.4) is 0 Å². The molecule has 0 aliphatic carbocycles. The Morgan fingerprint density at radius 3 is 2.62 bits per heavy atom. The number of carboxylic acids is 1. The van der Waals surface area contributed by atoms with Gasteiger partial charge in [0.1, 0.15) is 18.1 Å².